The summed E-state index contributed by atoms with van der Waals surface area (Å²) < 4.78 is 16.3. The zero-order valence-electron chi connectivity index (χ0n) is 10.4. The smallest absolute Gasteiger partial charge is 0.122 e. The first-order chi connectivity index (χ1) is 8.31. The van der Waals surface area contributed by atoms with Gasteiger partial charge in [-0.1, -0.05) is 0 Å². The molecule has 1 heterocycles. The first kappa shape index (κ1) is 12.2. The Morgan fingerprint density at radius 1 is 1.18 bits per heavy atom. The van der Waals surface area contributed by atoms with Gasteiger partial charge in [-0.25, -0.2) is 0 Å². The van der Waals surface area contributed by atoms with Gasteiger partial charge in [0.25, 0.3) is 0 Å². The molecule has 0 amide bonds. The molecule has 17 heavy (non-hydrogen) atoms. The van der Waals surface area contributed by atoms with Gasteiger partial charge < -0.3 is 19.5 Å². The summed E-state index contributed by atoms with van der Waals surface area (Å²) in [6.07, 6.45) is 1.41. The fourth-order valence-electron chi connectivity index (χ4n) is 1.93. The minimum absolute atomic E-state index is 0.326. The van der Waals surface area contributed by atoms with Crippen LogP contribution in [-0.2, 0) is 11.3 Å². The van der Waals surface area contributed by atoms with Crippen LogP contribution in [0.2, 0.25) is 0 Å². The summed E-state index contributed by atoms with van der Waals surface area (Å²) in [5.74, 6) is 1.60. The molecule has 0 aromatic heterocycles. The Kier molecular flexibility index (Phi) is 4.23. The lowest BCUT2D eigenvalue weighted by Crippen LogP contribution is -2.16. The molecule has 1 saturated heterocycles. The Balaban J connectivity index is 1.98. The van der Waals surface area contributed by atoms with E-state index in [0.717, 1.165) is 36.6 Å². The first-order valence-corrected chi connectivity index (χ1v) is 5.86. The van der Waals surface area contributed by atoms with Crippen molar-refractivity contribution in [2.45, 2.75) is 19.1 Å². The molecule has 94 valence electrons. The summed E-state index contributed by atoms with van der Waals surface area (Å²) in [6.45, 7) is 2.59. The van der Waals surface area contributed by atoms with Crippen LogP contribution < -0.4 is 14.8 Å². The molecule has 4 heteroatoms. The predicted molar refractivity (Wildman–Crippen MR) is 65.6 cm³/mol. The van der Waals surface area contributed by atoms with Crippen molar-refractivity contribution in [3.05, 3.63) is 23.8 Å². The van der Waals surface area contributed by atoms with Crippen LogP contribution in [0.5, 0.6) is 11.5 Å². The van der Waals surface area contributed by atoms with Gasteiger partial charge in [-0.05, 0) is 30.7 Å². The molecule has 1 fully saturated rings. The van der Waals surface area contributed by atoms with Crippen molar-refractivity contribution in [3.8, 4) is 11.5 Å². The van der Waals surface area contributed by atoms with E-state index >= 15 is 0 Å². The fraction of sp³-hybridized carbons (Fsp3) is 0.538. The number of ether oxygens (including phenoxy) is 3. The third kappa shape index (κ3) is 3.35. The molecule has 0 radical (unpaired) electrons. The predicted octanol–water partition coefficient (Wildman–Crippen LogP) is 1.58. The van der Waals surface area contributed by atoms with Crippen molar-refractivity contribution < 1.29 is 14.2 Å². The molecule has 0 aliphatic carbocycles. The number of benzene rings is 1. The maximum atomic E-state index is 5.81. The van der Waals surface area contributed by atoms with Crippen molar-refractivity contribution in [2.75, 3.05) is 27.3 Å². The minimum Gasteiger partial charge on any atom is -0.497 e. The van der Waals surface area contributed by atoms with Gasteiger partial charge in [0, 0.05) is 12.6 Å². The van der Waals surface area contributed by atoms with Crippen LogP contribution in [0.3, 0.4) is 0 Å². The molecular formula is C13H19NO3. The van der Waals surface area contributed by atoms with Crippen molar-refractivity contribution >= 4 is 0 Å². The maximum Gasteiger partial charge on any atom is 0.122 e. The molecule has 0 saturated carbocycles. The molecule has 1 N–H and O–H groups in total. The first-order valence-electron chi connectivity index (χ1n) is 5.86. The summed E-state index contributed by atoms with van der Waals surface area (Å²) in [7, 11) is 3.31. The number of methoxy groups -OCH3 is 2. The second-order valence-corrected chi connectivity index (χ2v) is 4.15. The molecule has 2 rings (SSSR count). The standard InChI is InChI=1S/C13H19NO3/c1-15-12-5-10(6-13(7-12)16-2)9-17-11-3-4-14-8-11/h5-7,11,14H,3-4,8-9H2,1-2H3/t11-/m1/s1. The summed E-state index contributed by atoms with van der Waals surface area (Å²) in [5.41, 5.74) is 1.08. The molecule has 0 bridgehead atoms. The van der Waals surface area contributed by atoms with E-state index in [0.29, 0.717) is 12.7 Å². The molecule has 4 nitrogen and oxygen atoms in total. The number of hydrogen-bond acceptors (Lipinski definition) is 4. The lowest BCUT2D eigenvalue weighted by molar-refractivity contribution is 0.0540. The van der Waals surface area contributed by atoms with Crippen molar-refractivity contribution in [2.24, 2.45) is 0 Å². The van der Waals surface area contributed by atoms with Gasteiger partial charge in [0.2, 0.25) is 0 Å². The van der Waals surface area contributed by atoms with E-state index in [1.54, 1.807) is 14.2 Å². The lowest BCUT2D eigenvalue weighted by atomic mass is 10.2. The largest absolute Gasteiger partial charge is 0.497 e. The molecule has 1 atom stereocenters. The third-order valence-electron chi connectivity index (χ3n) is 2.91. The van der Waals surface area contributed by atoms with Crippen LogP contribution in [0.25, 0.3) is 0 Å². The van der Waals surface area contributed by atoms with Gasteiger partial charge in [-0.2, -0.15) is 0 Å². The van der Waals surface area contributed by atoms with Gasteiger partial charge >= 0.3 is 0 Å². The molecule has 1 aliphatic heterocycles. The van der Waals surface area contributed by atoms with Gasteiger partial charge in [0.15, 0.2) is 0 Å². The molecule has 1 aromatic carbocycles. The normalized spacial score (nSPS) is 19.3. The van der Waals surface area contributed by atoms with Crippen molar-refractivity contribution in [1.29, 1.82) is 0 Å². The second kappa shape index (κ2) is 5.89. The summed E-state index contributed by atoms with van der Waals surface area (Å²) in [5, 5.41) is 3.28. The van der Waals surface area contributed by atoms with Crippen molar-refractivity contribution in [3.63, 3.8) is 0 Å². The van der Waals surface area contributed by atoms with E-state index < -0.39 is 0 Å². The maximum absolute atomic E-state index is 5.81. The highest BCUT2D eigenvalue weighted by atomic mass is 16.5. The van der Waals surface area contributed by atoms with E-state index in [9.17, 15) is 0 Å². The second-order valence-electron chi connectivity index (χ2n) is 4.15. The van der Waals surface area contributed by atoms with E-state index in [-0.39, 0.29) is 0 Å². The van der Waals surface area contributed by atoms with E-state index in [2.05, 4.69) is 5.32 Å². The molecule has 0 unspecified atom stereocenters. The average Bonchev–Trinajstić information content (AvgIpc) is 2.89. The van der Waals surface area contributed by atoms with Crippen LogP contribution >= 0.6 is 0 Å². The SMILES string of the molecule is COc1cc(CO[C@@H]2CCNC2)cc(OC)c1. The van der Waals surface area contributed by atoms with Crippen LogP contribution in [0.15, 0.2) is 18.2 Å². The Labute approximate surface area is 102 Å². The Bertz CT molecular complexity index is 339. The average molecular weight is 237 g/mol. The van der Waals surface area contributed by atoms with Gasteiger partial charge in [0.1, 0.15) is 11.5 Å². The monoisotopic (exact) mass is 237 g/mol. The molecular weight excluding hydrogens is 218 g/mol. The zero-order chi connectivity index (χ0) is 12.1. The Morgan fingerprint density at radius 2 is 1.88 bits per heavy atom. The van der Waals surface area contributed by atoms with E-state index in [4.69, 9.17) is 14.2 Å². The quantitative estimate of drug-likeness (QED) is 0.844. The summed E-state index contributed by atoms with van der Waals surface area (Å²) in [4.78, 5) is 0. The van der Waals surface area contributed by atoms with E-state index in [1.165, 1.54) is 0 Å². The Morgan fingerprint density at radius 3 is 2.41 bits per heavy atom. The third-order valence-corrected chi connectivity index (χ3v) is 2.91. The van der Waals surface area contributed by atoms with Crippen LogP contribution in [0, 0.1) is 0 Å². The number of hydrogen-bond donors (Lipinski definition) is 1. The minimum atomic E-state index is 0.326. The number of nitrogens with one attached hydrogen (secondary N) is 1. The molecule has 1 aromatic rings. The topological polar surface area (TPSA) is 39.7 Å². The van der Waals surface area contributed by atoms with Gasteiger partial charge in [0.05, 0.1) is 26.9 Å². The van der Waals surface area contributed by atoms with Gasteiger partial charge in [-0.3, -0.25) is 0 Å². The highest BCUT2D eigenvalue weighted by Gasteiger charge is 2.14. The molecule has 0 spiro atoms. The van der Waals surface area contributed by atoms with Crippen LogP contribution in [0.4, 0.5) is 0 Å². The number of rotatable bonds is 5. The van der Waals surface area contributed by atoms with Crippen LogP contribution in [-0.4, -0.2) is 33.4 Å². The highest BCUT2D eigenvalue weighted by molar-refractivity contribution is 5.38. The summed E-state index contributed by atoms with van der Waals surface area (Å²) in [6, 6.07) is 5.82. The van der Waals surface area contributed by atoms with Crippen molar-refractivity contribution in [1.82, 2.24) is 5.32 Å². The lowest BCUT2D eigenvalue weighted by Gasteiger charge is -2.12. The fourth-order valence-corrected chi connectivity index (χ4v) is 1.93. The van der Waals surface area contributed by atoms with E-state index in [1.807, 2.05) is 18.2 Å². The Hall–Kier alpha value is -1.26. The molecule has 1 aliphatic rings. The van der Waals surface area contributed by atoms with Gasteiger partial charge in [-0.15, -0.1) is 0 Å². The summed E-state index contributed by atoms with van der Waals surface area (Å²) >= 11 is 0. The zero-order valence-corrected chi connectivity index (χ0v) is 10.4. The highest BCUT2D eigenvalue weighted by Crippen LogP contribution is 2.23. The van der Waals surface area contributed by atoms with Crippen LogP contribution in [0.1, 0.15) is 12.0 Å².